The molecule has 1 heterocycles. The summed E-state index contributed by atoms with van der Waals surface area (Å²) in [5.74, 6) is 0.0857. The maximum Gasteiger partial charge on any atom is 0.295 e. The molecule has 0 radical (unpaired) electrons. The Morgan fingerprint density at radius 2 is 1.60 bits per heavy atom. The standard InChI is InChI=1S/C29H29NO5/c1-19(2)18-35-23-15-13-21(14-16-23)27(31)25-26(20-9-5-4-6-10-20)30(29(33)28(25)32)17-22-11-7-8-12-24(22)34-3/h4-16,19,26,31H,17-18H2,1-3H3/b27-25+. The van der Waals surface area contributed by atoms with Gasteiger partial charge in [0.2, 0.25) is 0 Å². The highest BCUT2D eigenvalue weighted by Gasteiger charge is 2.46. The number of Topliss-reactive ketones (excluding diaryl/α,β-unsaturated/α-hetero) is 1. The minimum Gasteiger partial charge on any atom is -0.507 e. The summed E-state index contributed by atoms with van der Waals surface area (Å²) in [6.07, 6.45) is 0. The Morgan fingerprint density at radius 3 is 2.26 bits per heavy atom. The SMILES string of the molecule is COc1ccccc1CN1C(=O)C(=O)/C(=C(/O)c2ccc(OCC(C)C)cc2)C1c1ccccc1. The van der Waals surface area contributed by atoms with E-state index in [0.717, 1.165) is 11.1 Å². The van der Waals surface area contributed by atoms with Gasteiger partial charge in [0.15, 0.2) is 0 Å². The van der Waals surface area contributed by atoms with Crippen molar-refractivity contribution in [3.05, 3.63) is 101 Å². The Kier molecular flexibility index (Phi) is 7.20. The van der Waals surface area contributed by atoms with E-state index < -0.39 is 17.7 Å². The quantitative estimate of drug-likeness (QED) is 0.272. The van der Waals surface area contributed by atoms with Gasteiger partial charge in [-0.2, -0.15) is 0 Å². The normalized spacial score (nSPS) is 17.1. The topological polar surface area (TPSA) is 76.1 Å². The Labute approximate surface area is 205 Å². The first kappa shape index (κ1) is 24.1. The lowest BCUT2D eigenvalue weighted by Crippen LogP contribution is -2.29. The fourth-order valence-electron chi connectivity index (χ4n) is 4.17. The van der Waals surface area contributed by atoms with Gasteiger partial charge in [-0.3, -0.25) is 9.59 Å². The molecule has 3 aromatic carbocycles. The van der Waals surface area contributed by atoms with Gasteiger partial charge in [-0.25, -0.2) is 0 Å². The first-order valence-electron chi connectivity index (χ1n) is 11.6. The summed E-state index contributed by atoms with van der Waals surface area (Å²) in [7, 11) is 1.57. The van der Waals surface area contributed by atoms with Gasteiger partial charge in [-0.15, -0.1) is 0 Å². The monoisotopic (exact) mass is 471 g/mol. The van der Waals surface area contributed by atoms with Crippen molar-refractivity contribution in [3.63, 3.8) is 0 Å². The number of rotatable bonds is 8. The molecule has 4 rings (SSSR count). The second-order valence-corrected chi connectivity index (χ2v) is 8.88. The fraction of sp³-hybridized carbons (Fsp3) is 0.241. The number of amides is 1. The number of likely N-dealkylation sites (tertiary alicyclic amines) is 1. The average Bonchev–Trinajstić information content (AvgIpc) is 3.13. The molecule has 0 saturated carbocycles. The molecule has 1 unspecified atom stereocenters. The van der Waals surface area contributed by atoms with Crippen molar-refractivity contribution < 1.29 is 24.2 Å². The van der Waals surface area contributed by atoms with Gasteiger partial charge < -0.3 is 19.5 Å². The molecule has 1 aliphatic heterocycles. The van der Waals surface area contributed by atoms with E-state index in [2.05, 4.69) is 13.8 Å². The number of carbonyl (C=O) groups is 2. The third-order valence-electron chi connectivity index (χ3n) is 5.90. The van der Waals surface area contributed by atoms with E-state index in [1.54, 1.807) is 31.4 Å². The zero-order valence-corrected chi connectivity index (χ0v) is 20.1. The number of benzene rings is 3. The van der Waals surface area contributed by atoms with Gasteiger partial charge in [0.1, 0.15) is 17.3 Å². The number of methoxy groups -OCH3 is 1. The van der Waals surface area contributed by atoms with Gasteiger partial charge in [0, 0.05) is 11.1 Å². The Hall–Kier alpha value is -4.06. The van der Waals surface area contributed by atoms with E-state index >= 15 is 0 Å². The van der Waals surface area contributed by atoms with Crippen LogP contribution in [-0.2, 0) is 16.1 Å². The number of carbonyl (C=O) groups excluding carboxylic acids is 2. The summed E-state index contributed by atoms with van der Waals surface area (Å²) in [6, 6.07) is 22.8. The van der Waals surface area contributed by atoms with Crippen molar-refractivity contribution in [1.82, 2.24) is 4.90 Å². The number of ether oxygens (including phenoxy) is 2. The van der Waals surface area contributed by atoms with Crippen LogP contribution < -0.4 is 9.47 Å². The predicted molar refractivity (Wildman–Crippen MR) is 134 cm³/mol. The van der Waals surface area contributed by atoms with E-state index in [9.17, 15) is 14.7 Å². The van der Waals surface area contributed by atoms with Crippen LogP contribution in [0.2, 0.25) is 0 Å². The molecule has 3 aromatic rings. The van der Waals surface area contributed by atoms with E-state index in [-0.39, 0.29) is 17.9 Å². The molecule has 1 N–H and O–H groups in total. The van der Waals surface area contributed by atoms with E-state index in [1.807, 2.05) is 54.6 Å². The molecule has 6 nitrogen and oxygen atoms in total. The van der Waals surface area contributed by atoms with Gasteiger partial charge in [0.05, 0.1) is 31.9 Å². The molecule has 0 aliphatic carbocycles. The molecule has 1 saturated heterocycles. The lowest BCUT2D eigenvalue weighted by Gasteiger charge is -2.26. The number of nitrogens with zero attached hydrogens (tertiary/aromatic N) is 1. The molecular weight excluding hydrogens is 442 g/mol. The van der Waals surface area contributed by atoms with Crippen LogP contribution in [0.4, 0.5) is 0 Å². The summed E-state index contributed by atoms with van der Waals surface area (Å²) in [5.41, 5.74) is 2.01. The Morgan fingerprint density at radius 1 is 0.943 bits per heavy atom. The molecule has 1 aliphatic rings. The van der Waals surface area contributed by atoms with E-state index in [0.29, 0.717) is 29.6 Å². The Bertz CT molecular complexity index is 1230. The van der Waals surface area contributed by atoms with Crippen molar-refractivity contribution in [3.8, 4) is 11.5 Å². The van der Waals surface area contributed by atoms with Gasteiger partial charge in [-0.1, -0.05) is 62.4 Å². The van der Waals surface area contributed by atoms with Crippen molar-refractivity contribution >= 4 is 17.4 Å². The van der Waals surface area contributed by atoms with Gasteiger partial charge >= 0.3 is 0 Å². The number of hydrogen-bond donors (Lipinski definition) is 1. The maximum atomic E-state index is 13.2. The first-order valence-corrected chi connectivity index (χ1v) is 11.6. The van der Waals surface area contributed by atoms with E-state index in [4.69, 9.17) is 9.47 Å². The average molecular weight is 472 g/mol. The largest absolute Gasteiger partial charge is 0.507 e. The number of hydrogen-bond acceptors (Lipinski definition) is 5. The van der Waals surface area contributed by atoms with Crippen LogP contribution in [0.1, 0.15) is 36.6 Å². The molecule has 0 aromatic heterocycles. The van der Waals surface area contributed by atoms with Crippen LogP contribution in [0.15, 0.2) is 84.4 Å². The molecular formula is C29H29NO5. The van der Waals surface area contributed by atoms with Gasteiger partial charge in [0.25, 0.3) is 11.7 Å². The number of para-hydroxylation sites is 1. The third kappa shape index (κ3) is 5.06. The highest BCUT2D eigenvalue weighted by Crippen LogP contribution is 2.41. The third-order valence-corrected chi connectivity index (χ3v) is 5.90. The Balaban J connectivity index is 1.75. The molecule has 0 bridgehead atoms. The van der Waals surface area contributed by atoms with Crippen LogP contribution in [0, 0.1) is 5.92 Å². The second-order valence-electron chi connectivity index (χ2n) is 8.88. The van der Waals surface area contributed by atoms with Crippen molar-refractivity contribution in [2.24, 2.45) is 5.92 Å². The number of aliphatic hydroxyl groups is 1. The summed E-state index contributed by atoms with van der Waals surface area (Å²) in [5, 5.41) is 11.2. The zero-order chi connectivity index (χ0) is 24.9. The van der Waals surface area contributed by atoms with E-state index in [1.165, 1.54) is 4.90 Å². The minimum absolute atomic E-state index is 0.0620. The lowest BCUT2D eigenvalue weighted by atomic mass is 9.95. The molecule has 1 atom stereocenters. The van der Waals surface area contributed by atoms with Crippen LogP contribution in [0.5, 0.6) is 11.5 Å². The summed E-state index contributed by atoms with van der Waals surface area (Å²) >= 11 is 0. The summed E-state index contributed by atoms with van der Waals surface area (Å²) in [6.45, 7) is 4.86. The number of ketones is 1. The molecule has 1 amide bonds. The van der Waals surface area contributed by atoms with Crippen LogP contribution in [0.3, 0.4) is 0 Å². The predicted octanol–water partition coefficient (Wildman–Crippen LogP) is 5.35. The highest BCUT2D eigenvalue weighted by atomic mass is 16.5. The second kappa shape index (κ2) is 10.5. The van der Waals surface area contributed by atoms with Crippen molar-refractivity contribution in [2.45, 2.75) is 26.4 Å². The smallest absolute Gasteiger partial charge is 0.295 e. The molecule has 6 heteroatoms. The fourth-order valence-corrected chi connectivity index (χ4v) is 4.17. The first-order chi connectivity index (χ1) is 16.9. The van der Waals surface area contributed by atoms with Crippen LogP contribution in [0.25, 0.3) is 5.76 Å². The number of aliphatic hydroxyl groups excluding tert-OH is 1. The molecule has 1 fully saturated rings. The van der Waals surface area contributed by atoms with Crippen molar-refractivity contribution in [1.29, 1.82) is 0 Å². The highest BCUT2D eigenvalue weighted by molar-refractivity contribution is 6.46. The minimum atomic E-state index is -0.738. The van der Waals surface area contributed by atoms with Crippen LogP contribution in [-0.4, -0.2) is 35.4 Å². The maximum absolute atomic E-state index is 13.2. The van der Waals surface area contributed by atoms with Crippen molar-refractivity contribution in [2.75, 3.05) is 13.7 Å². The molecule has 180 valence electrons. The molecule has 35 heavy (non-hydrogen) atoms. The van der Waals surface area contributed by atoms with Gasteiger partial charge in [-0.05, 0) is 41.8 Å². The van der Waals surface area contributed by atoms with Crippen LogP contribution >= 0.6 is 0 Å². The molecule has 0 spiro atoms. The lowest BCUT2D eigenvalue weighted by molar-refractivity contribution is -0.140. The zero-order valence-electron chi connectivity index (χ0n) is 20.1. The summed E-state index contributed by atoms with van der Waals surface area (Å²) in [4.78, 5) is 27.9. The summed E-state index contributed by atoms with van der Waals surface area (Å²) < 4.78 is 11.2.